The van der Waals surface area contributed by atoms with E-state index >= 15 is 0 Å². The fourth-order valence-corrected chi connectivity index (χ4v) is 19.5. The monoisotopic (exact) mass is 1950 g/mol. The Kier molecular flexibility index (Phi) is 35.4. The molecule has 0 bridgehead atoms. The topological polar surface area (TPSA) is 86.9 Å². The third-order valence-electron chi connectivity index (χ3n) is 27.8. The van der Waals surface area contributed by atoms with E-state index in [1.54, 1.807) is 0 Å². The number of ether oxygens (including phenoxy) is 1. The van der Waals surface area contributed by atoms with Crippen LogP contribution in [-0.4, -0.2) is 26.8 Å². The van der Waals surface area contributed by atoms with Crippen LogP contribution in [0.4, 0.5) is 68.2 Å². The third-order valence-corrected chi connectivity index (χ3v) is 27.8. The zero-order valence-corrected chi connectivity index (χ0v) is 87.6. The van der Waals surface area contributed by atoms with Crippen LogP contribution < -0.4 is 24.3 Å². The molecule has 19 rings (SSSR count). The first-order valence-electron chi connectivity index (χ1n) is 53.7. The lowest BCUT2D eigenvalue weighted by atomic mass is 9.99. The van der Waals surface area contributed by atoms with Gasteiger partial charge in [-0.05, 0) is 294 Å². The average molecular weight is 1950 g/mol. The fraction of sp³-hybridized carbons (Fsp3) is 0.194. The summed E-state index contributed by atoms with van der Waals surface area (Å²) in [6, 6.07) is 144. The van der Waals surface area contributed by atoms with Gasteiger partial charge in [-0.1, -0.05) is 376 Å². The molecule has 0 aliphatic carbocycles. The Morgan fingerprint density at radius 2 is 0.550 bits per heavy atom. The lowest BCUT2D eigenvalue weighted by Gasteiger charge is -2.31. The number of nitrogens with zero attached hydrogens (tertiary/aromatic N) is 8. The highest BCUT2D eigenvalue weighted by atomic mass is 16.5. The number of aromatic nitrogens is 4. The predicted octanol–water partition coefficient (Wildman–Crippen LogP) is 40.2. The van der Waals surface area contributed by atoms with E-state index < -0.39 is 0 Å². The lowest BCUT2D eigenvalue weighted by molar-refractivity contribution is 0.304. The van der Waals surface area contributed by atoms with Crippen molar-refractivity contribution in [2.24, 2.45) is 0 Å². The van der Waals surface area contributed by atoms with E-state index in [0.29, 0.717) is 11.8 Å². The van der Waals surface area contributed by atoms with Crippen molar-refractivity contribution in [1.82, 2.24) is 20.2 Å². The molecule has 0 aliphatic rings. The molecular weight excluding hydrogens is 1810 g/mol. The molecule has 0 aliphatic heterocycles. The summed E-state index contributed by atoms with van der Waals surface area (Å²) in [4.78, 5) is 19.7. The van der Waals surface area contributed by atoms with Crippen molar-refractivity contribution in [3.63, 3.8) is 0 Å². The molecule has 0 radical (unpaired) electrons. The molecule has 16 aromatic carbocycles. The van der Waals surface area contributed by atoms with Crippen molar-refractivity contribution in [1.29, 1.82) is 0 Å². The van der Waals surface area contributed by atoms with Gasteiger partial charge in [-0.25, -0.2) is 9.97 Å². The van der Waals surface area contributed by atoms with Crippen LogP contribution in [0.2, 0.25) is 0 Å². The van der Waals surface area contributed by atoms with E-state index in [0.717, 1.165) is 200 Å². The zero-order valence-electron chi connectivity index (χ0n) is 87.6. The Bertz CT molecular complexity index is 7660. The van der Waals surface area contributed by atoms with E-state index in [1.807, 2.05) is 12.1 Å². The smallest absolute Gasteiger partial charge is 0.248 e. The number of aryl methyl sites for hydroxylation is 5. The van der Waals surface area contributed by atoms with E-state index in [9.17, 15) is 0 Å². The summed E-state index contributed by atoms with van der Waals surface area (Å²) in [5.74, 6) is 1.90. The minimum atomic E-state index is 0.494. The first kappa shape index (κ1) is 102. The molecule has 149 heavy (non-hydrogen) atoms. The predicted molar refractivity (Wildman–Crippen MR) is 635 cm³/mol. The Balaban J connectivity index is 0.000000199. The van der Waals surface area contributed by atoms with Crippen LogP contribution in [0.5, 0.6) is 5.75 Å². The summed E-state index contributed by atoms with van der Waals surface area (Å²) in [7, 11) is 0. The number of para-hydroxylation sites is 4. The van der Waals surface area contributed by atoms with E-state index in [4.69, 9.17) is 19.1 Å². The number of pyridine rings is 2. The Morgan fingerprint density at radius 1 is 0.255 bits per heavy atom. The quantitative estimate of drug-likeness (QED) is 0.0272. The van der Waals surface area contributed by atoms with Crippen molar-refractivity contribution in [2.45, 2.75) is 171 Å². The number of anilines is 12. The van der Waals surface area contributed by atoms with Gasteiger partial charge in [-0.3, -0.25) is 0 Å². The molecule has 3 heterocycles. The third kappa shape index (κ3) is 26.7. The molecule has 744 valence electrons. The second kappa shape index (κ2) is 51.5. The molecule has 10 heteroatoms. The van der Waals surface area contributed by atoms with E-state index in [2.05, 4.69) is 522 Å². The molecular formula is C139H136N8O2. The Labute approximate surface area is 883 Å². The van der Waals surface area contributed by atoms with Crippen LogP contribution in [0.15, 0.2) is 417 Å². The molecule has 0 amide bonds. The molecule has 0 saturated heterocycles. The Hall–Kier alpha value is -16.6. The van der Waals surface area contributed by atoms with Crippen LogP contribution in [0.3, 0.4) is 0 Å². The summed E-state index contributed by atoms with van der Waals surface area (Å²) in [6.45, 7) is 18.1. The first-order chi connectivity index (χ1) is 73.4. The van der Waals surface area contributed by atoms with Crippen LogP contribution in [0.1, 0.15) is 199 Å². The summed E-state index contributed by atoms with van der Waals surface area (Å²) in [5, 5.41) is 11.0. The summed E-state index contributed by atoms with van der Waals surface area (Å²) in [6.07, 6.45) is 40.1. The Morgan fingerprint density at radius 3 is 0.913 bits per heavy atom. The normalized spacial score (nSPS) is 11.5. The number of fused-ring (bicyclic) bond motifs is 2. The van der Waals surface area contributed by atoms with Gasteiger partial charge in [0.15, 0.2) is 0 Å². The van der Waals surface area contributed by atoms with Crippen molar-refractivity contribution in [3.05, 3.63) is 474 Å². The number of allylic oxidation sites excluding steroid dienone is 2. The number of benzene rings is 16. The fourth-order valence-electron chi connectivity index (χ4n) is 19.5. The molecule has 0 N–H and O–H groups in total. The number of rotatable bonds is 43. The molecule has 0 saturated carbocycles. The maximum absolute atomic E-state index is 6.33. The molecule has 0 fully saturated rings. The highest BCUT2D eigenvalue weighted by molar-refractivity contribution is 5.97. The van der Waals surface area contributed by atoms with E-state index in [-0.39, 0.29) is 0 Å². The molecule has 10 nitrogen and oxygen atoms in total. The summed E-state index contributed by atoms with van der Waals surface area (Å²) < 4.78 is 12.5. The molecule has 19 aromatic rings. The number of hydrogen-bond acceptors (Lipinski definition) is 10. The van der Waals surface area contributed by atoms with Gasteiger partial charge in [0.2, 0.25) is 11.8 Å². The van der Waals surface area contributed by atoms with Gasteiger partial charge >= 0.3 is 0 Å². The molecule has 0 atom stereocenters. The summed E-state index contributed by atoms with van der Waals surface area (Å²) >= 11 is 0. The molecule has 0 unspecified atom stereocenters. The van der Waals surface area contributed by atoms with Gasteiger partial charge in [0, 0.05) is 101 Å². The number of unbranched alkanes of at least 4 members (excludes halogenated alkanes) is 13. The zero-order chi connectivity index (χ0) is 102. The highest BCUT2D eigenvalue weighted by Gasteiger charge is 2.27. The SMILES string of the molecule is C/C=C/c1cc(N(c2ccccc2)c2ccc(C)cc2)c(/C=C/c2ccc(-c3ccc4cc(-c5ccc6nc(-c7ccc(C)cc7)ccc6c5)ccc4n3)cc2)cc1N(c1ccccc1)c1ccc(OCCCCCCCCCC)cc1.C/C=C/c1cc(N(c2ccccc2)c2ccc(CCCCCC)cc2)c(/C=C/c2ccc(-c3nnc(-c4ccc(C)cc4)o3)cc2)cc1N(c1ccccc1)c1ccc(CCCCCC)cc1. The van der Waals surface area contributed by atoms with Crippen LogP contribution in [0, 0.1) is 20.8 Å². The van der Waals surface area contributed by atoms with E-state index in [1.165, 1.54) is 124 Å². The van der Waals surface area contributed by atoms with Gasteiger partial charge in [0.1, 0.15) is 5.75 Å². The van der Waals surface area contributed by atoms with Gasteiger partial charge in [0.05, 0.1) is 51.8 Å². The second-order valence-corrected chi connectivity index (χ2v) is 39.0. The standard InChI is InChI=1S/C77H72N4O.C62H64N4O/c1-5-7-8-9-10-11-12-19-51-82-71-45-43-70(44-46-71)81(68-23-17-14-18-24-68)76-55-66(77(54-65(76)20-6-2)80(67-21-15-13-16-22-67)69-41-27-57(4)28-42-69)36-31-58-29-34-60(35-30-58)73-50-40-64-53-62(38-48-75(64)79-73)61-37-47-74-63(52-61)39-49-72(78-74)59-32-25-56(3)26-33-59;1-5-8-10-14-21-48-32-41-57(42-33-48)65(55-23-16-12-17-24-55)59-46-54(40-31-50-29-38-52(39-30-50)62-64-63-61(67-62)51-36-27-47(4)28-37-51)60(45-53(59)20-7-3)66(56-25-18-13-19-26-56)58-43-34-49(35-44-58)22-15-11-9-6-2/h6,13-18,20-50,52-55H,5,7-12,19,51H2,1-4H3;7,12-13,16-20,23-46H,5-6,8-11,14-15,21-22H2,1-4H3/b20-6+,36-31+;20-7+,40-31+. The van der Waals surface area contributed by atoms with Crippen LogP contribution in [0.25, 0.3) is 115 Å². The van der Waals surface area contributed by atoms with Gasteiger partial charge in [-0.2, -0.15) is 0 Å². The lowest BCUT2D eigenvalue weighted by Crippen LogP contribution is -2.15. The van der Waals surface area contributed by atoms with Crippen LogP contribution >= 0.6 is 0 Å². The number of hydrogen-bond donors (Lipinski definition) is 0. The average Bonchev–Trinajstić information content (AvgIpc) is 0.955. The van der Waals surface area contributed by atoms with Crippen molar-refractivity contribution < 1.29 is 9.15 Å². The van der Waals surface area contributed by atoms with Gasteiger partial charge in [-0.15, -0.1) is 10.2 Å². The maximum Gasteiger partial charge on any atom is 0.248 e. The highest BCUT2D eigenvalue weighted by Crippen LogP contribution is 2.49. The molecule has 0 spiro atoms. The summed E-state index contributed by atoms with van der Waals surface area (Å²) in [5.41, 5.74) is 36.0. The maximum atomic E-state index is 6.33. The largest absolute Gasteiger partial charge is 0.494 e. The van der Waals surface area contributed by atoms with Gasteiger partial charge < -0.3 is 28.8 Å². The second-order valence-electron chi connectivity index (χ2n) is 39.0. The van der Waals surface area contributed by atoms with Crippen LogP contribution in [-0.2, 0) is 12.8 Å². The van der Waals surface area contributed by atoms with Crippen molar-refractivity contribution in [3.8, 4) is 62.3 Å². The van der Waals surface area contributed by atoms with Crippen molar-refractivity contribution >= 4 is 127 Å². The minimum absolute atomic E-state index is 0.494. The molecule has 3 aromatic heterocycles. The first-order valence-corrected chi connectivity index (χ1v) is 53.7. The van der Waals surface area contributed by atoms with Crippen molar-refractivity contribution in [2.75, 3.05) is 26.2 Å². The van der Waals surface area contributed by atoms with Gasteiger partial charge in [0.25, 0.3) is 0 Å². The minimum Gasteiger partial charge on any atom is -0.494 e.